The standard InChI is InChI=1S/C68H43N11/c1-7-20-44(21-8-1)60-70-61(45-22-9-2-10-23-45)74-66(73-60)50-33-36-54(53-32-19-39-69-43-53)57(40-50)79-58-41-51(67-75-62(46-24-11-3-12-25-46)71-63(76-67)47-26-13-4-14-27-47)34-37-55(58)56-38-35-52(42-59(56)79)68-77-64(48-28-15-5-16-29-48)72-65(78-68)49-30-17-6-18-31-49/h1-43H. The SMILES string of the molecule is c1ccc(-c2nc(-c3ccccc3)nc(-c3ccc(-c4cccnc4)c(-n4c5cc(-c6nc(-c7ccccc7)nc(-c7ccccc7)n6)ccc5c5ccc(-c6nc(-c7ccccc7)nc(-c7ccccc7)n6)cc54)c3)n2)cc1. The summed E-state index contributed by atoms with van der Waals surface area (Å²) in [7, 11) is 0. The van der Waals surface area contributed by atoms with Gasteiger partial charge in [-0.2, -0.15) is 0 Å². The first-order valence-corrected chi connectivity index (χ1v) is 25.9. The van der Waals surface area contributed by atoms with E-state index in [1.165, 1.54) is 0 Å². The zero-order valence-electron chi connectivity index (χ0n) is 42.2. The van der Waals surface area contributed by atoms with Gasteiger partial charge in [-0.1, -0.05) is 224 Å². The second-order valence-corrected chi connectivity index (χ2v) is 18.9. The topological polar surface area (TPSA) is 134 Å². The Morgan fingerprint density at radius 3 is 0.810 bits per heavy atom. The molecule has 0 amide bonds. The van der Waals surface area contributed by atoms with Gasteiger partial charge in [0, 0.05) is 84.4 Å². The average molecular weight is 1010 g/mol. The summed E-state index contributed by atoms with van der Waals surface area (Å²) in [5, 5.41) is 2.02. The van der Waals surface area contributed by atoms with Crippen LogP contribution in [0.1, 0.15) is 0 Å². The van der Waals surface area contributed by atoms with Gasteiger partial charge in [0.25, 0.3) is 0 Å². The van der Waals surface area contributed by atoms with Gasteiger partial charge in [-0.15, -0.1) is 0 Å². The minimum Gasteiger partial charge on any atom is -0.309 e. The molecule has 0 bridgehead atoms. The lowest BCUT2D eigenvalue weighted by atomic mass is 10.0. The van der Waals surface area contributed by atoms with E-state index in [1.807, 2.05) is 194 Å². The van der Waals surface area contributed by atoms with Crippen LogP contribution in [0.5, 0.6) is 0 Å². The molecular weight excluding hydrogens is 971 g/mol. The number of hydrogen-bond acceptors (Lipinski definition) is 10. The van der Waals surface area contributed by atoms with E-state index < -0.39 is 0 Å². The molecule has 0 N–H and O–H groups in total. The van der Waals surface area contributed by atoms with Crippen molar-refractivity contribution >= 4 is 21.8 Å². The van der Waals surface area contributed by atoms with Gasteiger partial charge in [-0.05, 0) is 24.3 Å². The third kappa shape index (κ3) is 9.13. The van der Waals surface area contributed by atoms with Crippen LogP contribution < -0.4 is 0 Å². The average Bonchev–Trinajstić information content (AvgIpc) is 4.13. The molecule has 0 saturated carbocycles. The quantitative estimate of drug-likeness (QED) is 0.123. The van der Waals surface area contributed by atoms with E-state index in [1.54, 1.807) is 6.20 Å². The summed E-state index contributed by atoms with van der Waals surface area (Å²) in [5.41, 5.74) is 12.2. The van der Waals surface area contributed by atoms with Gasteiger partial charge in [0.1, 0.15) is 0 Å². The molecule has 0 unspecified atom stereocenters. The minimum absolute atomic E-state index is 0.521. The van der Waals surface area contributed by atoms with Crippen molar-refractivity contribution in [2.24, 2.45) is 0 Å². The van der Waals surface area contributed by atoms with E-state index in [9.17, 15) is 0 Å². The largest absolute Gasteiger partial charge is 0.309 e. The molecule has 0 spiro atoms. The molecule has 0 atom stereocenters. The Bertz CT molecular complexity index is 4150. The van der Waals surface area contributed by atoms with Crippen molar-refractivity contribution in [3.63, 3.8) is 0 Å². The summed E-state index contributed by atoms with van der Waals surface area (Å²) < 4.78 is 2.32. The van der Waals surface area contributed by atoms with Crippen molar-refractivity contribution in [2.75, 3.05) is 0 Å². The van der Waals surface area contributed by atoms with E-state index in [0.717, 1.165) is 88.7 Å². The third-order valence-corrected chi connectivity index (χ3v) is 13.9. The highest BCUT2D eigenvalue weighted by Gasteiger charge is 2.23. The number of aromatic nitrogens is 11. The fourth-order valence-electron chi connectivity index (χ4n) is 9.99. The maximum Gasteiger partial charge on any atom is 0.164 e. The molecule has 9 aromatic carbocycles. The minimum atomic E-state index is 0.521. The van der Waals surface area contributed by atoms with Crippen LogP contribution in [0.2, 0.25) is 0 Å². The second-order valence-electron chi connectivity index (χ2n) is 18.9. The predicted octanol–water partition coefficient (Wildman–Crippen LogP) is 15.4. The molecule has 0 radical (unpaired) electrons. The summed E-state index contributed by atoms with van der Waals surface area (Å²) in [6.07, 6.45) is 3.69. The highest BCUT2D eigenvalue weighted by atomic mass is 15.1. The normalized spacial score (nSPS) is 11.3. The van der Waals surface area contributed by atoms with E-state index in [0.29, 0.717) is 52.4 Å². The molecule has 14 rings (SSSR count). The molecule has 5 aromatic heterocycles. The van der Waals surface area contributed by atoms with Crippen molar-refractivity contribution in [3.05, 3.63) is 261 Å². The Balaban J connectivity index is 1.05. The molecule has 5 heterocycles. The van der Waals surface area contributed by atoms with Gasteiger partial charge in [-0.3, -0.25) is 4.98 Å². The Morgan fingerprint density at radius 1 is 0.228 bits per heavy atom. The molecule has 0 fully saturated rings. The van der Waals surface area contributed by atoms with Gasteiger partial charge in [-0.25, -0.2) is 44.9 Å². The van der Waals surface area contributed by atoms with Crippen LogP contribution in [0, 0.1) is 0 Å². The lowest BCUT2D eigenvalue weighted by Crippen LogP contribution is -2.03. The van der Waals surface area contributed by atoms with Crippen LogP contribution in [-0.4, -0.2) is 54.4 Å². The Morgan fingerprint density at radius 2 is 0.506 bits per heavy atom. The number of nitrogens with zero attached hydrogens (tertiary/aromatic N) is 11. The Hall–Kier alpha value is -11.0. The van der Waals surface area contributed by atoms with Crippen molar-refractivity contribution in [2.45, 2.75) is 0 Å². The van der Waals surface area contributed by atoms with Crippen molar-refractivity contribution < 1.29 is 0 Å². The maximum atomic E-state index is 5.20. The number of rotatable bonds is 11. The zero-order valence-corrected chi connectivity index (χ0v) is 42.2. The number of hydrogen-bond donors (Lipinski definition) is 0. The van der Waals surface area contributed by atoms with Gasteiger partial charge in [0.15, 0.2) is 52.4 Å². The van der Waals surface area contributed by atoms with Gasteiger partial charge < -0.3 is 4.57 Å². The van der Waals surface area contributed by atoms with Crippen LogP contribution in [0.25, 0.3) is 141 Å². The first kappa shape index (κ1) is 46.5. The summed E-state index contributed by atoms with van der Waals surface area (Å²) >= 11 is 0. The van der Waals surface area contributed by atoms with Gasteiger partial charge in [0.05, 0.1) is 16.7 Å². The fourth-order valence-corrected chi connectivity index (χ4v) is 9.99. The van der Waals surface area contributed by atoms with E-state index >= 15 is 0 Å². The lowest BCUT2D eigenvalue weighted by molar-refractivity contribution is 1.07. The highest BCUT2D eigenvalue weighted by Crippen LogP contribution is 2.41. The number of fused-ring (bicyclic) bond motifs is 3. The monoisotopic (exact) mass is 1010 g/mol. The Kier molecular flexibility index (Phi) is 11.9. The molecule has 79 heavy (non-hydrogen) atoms. The first-order chi connectivity index (χ1) is 39.1. The van der Waals surface area contributed by atoms with Gasteiger partial charge >= 0.3 is 0 Å². The zero-order chi connectivity index (χ0) is 52.5. The van der Waals surface area contributed by atoms with E-state index in [2.05, 4.69) is 70.2 Å². The fraction of sp³-hybridized carbons (Fsp3) is 0. The third-order valence-electron chi connectivity index (χ3n) is 13.9. The highest BCUT2D eigenvalue weighted by molar-refractivity contribution is 6.11. The molecule has 14 aromatic rings. The smallest absolute Gasteiger partial charge is 0.164 e. The second kappa shape index (κ2) is 20.2. The van der Waals surface area contributed by atoms with Crippen LogP contribution in [0.4, 0.5) is 0 Å². The first-order valence-electron chi connectivity index (χ1n) is 25.9. The summed E-state index contributed by atoms with van der Waals surface area (Å²) in [4.78, 5) is 50.8. The van der Waals surface area contributed by atoms with Crippen molar-refractivity contribution in [3.8, 4) is 119 Å². The molecule has 0 aliphatic rings. The Labute approximate surface area is 454 Å². The molecule has 0 aliphatic carbocycles. The summed E-state index contributed by atoms with van der Waals surface area (Å²) in [5.74, 6) is 5.02. The van der Waals surface area contributed by atoms with Crippen LogP contribution in [-0.2, 0) is 0 Å². The summed E-state index contributed by atoms with van der Waals surface area (Å²) in [6, 6.07) is 83.5. The van der Waals surface area contributed by atoms with E-state index in [4.69, 9.17) is 44.9 Å². The summed E-state index contributed by atoms with van der Waals surface area (Å²) in [6.45, 7) is 0. The molecule has 11 nitrogen and oxygen atoms in total. The lowest BCUT2D eigenvalue weighted by Gasteiger charge is -2.17. The van der Waals surface area contributed by atoms with Crippen LogP contribution >= 0.6 is 0 Å². The van der Waals surface area contributed by atoms with Crippen LogP contribution in [0.15, 0.2) is 261 Å². The maximum absolute atomic E-state index is 5.20. The van der Waals surface area contributed by atoms with Gasteiger partial charge in [0.2, 0.25) is 0 Å². The van der Waals surface area contributed by atoms with E-state index in [-0.39, 0.29) is 0 Å². The van der Waals surface area contributed by atoms with Crippen LogP contribution in [0.3, 0.4) is 0 Å². The predicted molar refractivity (Wildman–Crippen MR) is 313 cm³/mol. The molecule has 0 saturated heterocycles. The molecular formula is C68H43N11. The number of pyridine rings is 1. The molecule has 11 heteroatoms. The number of benzene rings is 9. The molecule has 0 aliphatic heterocycles. The van der Waals surface area contributed by atoms with Crippen molar-refractivity contribution in [1.82, 2.24) is 54.4 Å². The van der Waals surface area contributed by atoms with Crippen molar-refractivity contribution in [1.29, 1.82) is 0 Å². The molecule has 370 valence electrons.